The molecule has 1 heteroatoms. The van der Waals surface area contributed by atoms with Gasteiger partial charge in [0.1, 0.15) is 0 Å². The highest BCUT2D eigenvalue weighted by Gasteiger charge is 1.85. The summed E-state index contributed by atoms with van der Waals surface area (Å²) in [5.41, 5.74) is 0. The molecule has 0 amide bonds. The van der Waals surface area contributed by atoms with Gasteiger partial charge < -0.3 is 5.32 Å². The average Bonchev–Trinajstić information content (AvgIpc) is 2.26. The molecule has 15 heavy (non-hydrogen) atoms. The minimum atomic E-state index is 1.13. The first-order valence-electron chi connectivity index (χ1n) is 6.38. The summed E-state index contributed by atoms with van der Waals surface area (Å²) < 4.78 is 0. The monoisotopic (exact) mass is 209 g/mol. The second-order valence-electron chi connectivity index (χ2n) is 3.94. The average molecular weight is 209 g/mol. The highest BCUT2D eigenvalue weighted by atomic mass is 14.8. The van der Waals surface area contributed by atoms with Crippen LogP contribution in [-0.2, 0) is 0 Å². The summed E-state index contributed by atoms with van der Waals surface area (Å²) in [5.74, 6) is 0. The Bertz CT molecular complexity index is 149. The van der Waals surface area contributed by atoms with Gasteiger partial charge in [-0.3, -0.25) is 0 Å². The fourth-order valence-corrected chi connectivity index (χ4v) is 1.45. The van der Waals surface area contributed by atoms with Crippen LogP contribution in [-0.4, -0.2) is 13.1 Å². The van der Waals surface area contributed by atoms with Crippen molar-refractivity contribution in [1.82, 2.24) is 5.32 Å². The maximum atomic E-state index is 3.72. The molecule has 0 aliphatic heterocycles. The molecule has 0 aromatic heterocycles. The van der Waals surface area contributed by atoms with Crippen molar-refractivity contribution in [3.05, 3.63) is 24.8 Å². The lowest BCUT2D eigenvalue weighted by Gasteiger charge is -1.98. The molecule has 0 radical (unpaired) electrons. The van der Waals surface area contributed by atoms with E-state index < -0.39 is 0 Å². The molecular formula is C14H27N. The molecule has 88 valence electrons. The van der Waals surface area contributed by atoms with Crippen molar-refractivity contribution in [3.8, 4) is 0 Å². The van der Waals surface area contributed by atoms with Crippen LogP contribution in [0.2, 0.25) is 0 Å². The second kappa shape index (κ2) is 13.4. The predicted molar refractivity (Wildman–Crippen MR) is 70.2 cm³/mol. The van der Waals surface area contributed by atoms with Crippen LogP contribution in [0.25, 0.3) is 0 Å². The van der Waals surface area contributed by atoms with Crippen LogP contribution in [0.1, 0.15) is 51.9 Å². The van der Waals surface area contributed by atoms with Gasteiger partial charge in [0.2, 0.25) is 0 Å². The lowest BCUT2D eigenvalue weighted by Crippen LogP contribution is -2.14. The highest BCUT2D eigenvalue weighted by Crippen LogP contribution is 2.03. The van der Waals surface area contributed by atoms with Gasteiger partial charge in [-0.05, 0) is 51.6 Å². The first-order chi connectivity index (χ1) is 7.41. The minimum Gasteiger partial charge on any atom is -0.316 e. The Hall–Kier alpha value is -0.560. The van der Waals surface area contributed by atoms with Gasteiger partial charge >= 0.3 is 0 Å². The van der Waals surface area contributed by atoms with Gasteiger partial charge in [-0.2, -0.15) is 0 Å². The van der Waals surface area contributed by atoms with Crippen molar-refractivity contribution >= 4 is 0 Å². The number of hydrogen-bond acceptors (Lipinski definition) is 1. The molecule has 1 nitrogen and oxygen atoms in total. The number of nitrogens with one attached hydrogen (secondary N) is 1. The van der Waals surface area contributed by atoms with Crippen LogP contribution < -0.4 is 5.32 Å². The van der Waals surface area contributed by atoms with Gasteiger partial charge in [0, 0.05) is 0 Å². The maximum absolute atomic E-state index is 3.72. The third-order valence-electron chi connectivity index (χ3n) is 2.36. The van der Waals surface area contributed by atoms with Crippen molar-refractivity contribution in [2.24, 2.45) is 0 Å². The summed E-state index contributed by atoms with van der Waals surface area (Å²) in [6.45, 7) is 8.20. The Kier molecular flexibility index (Phi) is 12.9. The zero-order valence-corrected chi connectivity index (χ0v) is 10.3. The molecule has 0 aliphatic rings. The molecule has 0 heterocycles. The summed E-state index contributed by atoms with van der Waals surface area (Å²) in [5, 5.41) is 3.39. The van der Waals surface area contributed by atoms with E-state index in [0.717, 1.165) is 13.1 Å². The summed E-state index contributed by atoms with van der Waals surface area (Å²) in [6, 6.07) is 0. The fraction of sp³-hybridized carbons (Fsp3) is 0.714. The van der Waals surface area contributed by atoms with E-state index >= 15 is 0 Å². The number of hydrogen-bond donors (Lipinski definition) is 1. The van der Waals surface area contributed by atoms with E-state index in [0.29, 0.717) is 0 Å². The largest absolute Gasteiger partial charge is 0.316 e. The van der Waals surface area contributed by atoms with E-state index in [9.17, 15) is 0 Å². The van der Waals surface area contributed by atoms with Gasteiger partial charge in [0.05, 0.1) is 0 Å². The molecule has 0 spiro atoms. The molecular weight excluding hydrogens is 182 g/mol. The lowest BCUT2D eigenvalue weighted by atomic mass is 10.1. The van der Waals surface area contributed by atoms with Crippen molar-refractivity contribution < 1.29 is 0 Å². The first-order valence-corrected chi connectivity index (χ1v) is 6.38. The third-order valence-corrected chi connectivity index (χ3v) is 2.36. The number of unbranched alkanes of at least 4 members (excludes halogenated alkanes) is 4. The standard InChI is InChI=1S/C14H27N/c1-3-5-6-7-8-9-10-11-12-14-15-13-4-2/h3,10-11,15H,1,4-9,12-14H2,2H3/b11-10+. The van der Waals surface area contributed by atoms with E-state index in [4.69, 9.17) is 0 Å². The third kappa shape index (κ3) is 13.4. The Morgan fingerprint density at radius 3 is 2.40 bits per heavy atom. The van der Waals surface area contributed by atoms with Gasteiger partial charge in [0.25, 0.3) is 0 Å². The van der Waals surface area contributed by atoms with Gasteiger partial charge in [0.15, 0.2) is 0 Å². The van der Waals surface area contributed by atoms with E-state index in [1.54, 1.807) is 0 Å². The summed E-state index contributed by atoms with van der Waals surface area (Å²) in [7, 11) is 0. The molecule has 0 aromatic rings. The maximum Gasteiger partial charge on any atom is -0.00143 e. The Labute approximate surface area is 95.7 Å². The van der Waals surface area contributed by atoms with E-state index in [1.807, 2.05) is 6.08 Å². The zero-order valence-electron chi connectivity index (χ0n) is 10.3. The van der Waals surface area contributed by atoms with Crippen molar-refractivity contribution in [2.45, 2.75) is 51.9 Å². The molecule has 0 fully saturated rings. The van der Waals surface area contributed by atoms with Gasteiger partial charge in [-0.25, -0.2) is 0 Å². The second-order valence-corrected chi connectivity index (χ2v) is 3.94. The lowest BCUT2D eigenvalue weighted by molar-refractivity contribution is 0.674. The summed E-state index contributed by atoms with van der Waals surface area (Å²) in [4.78, 5) is 0. The fourth-order valence-electron chi connectivity index (χ4n) is 1.45. The summed E-state index contributed by atoms with van der Waals surface area (Å²) >= 11 is 0. The molecule has 0 atom stereocenters. The topological polar surface area (TPSA) is 12.0 Å². The number of allylic oxidation sites excluding steroid dienone is 2. The van der Waals surface area contributed by atoms with Gasteiger partial charge in [-0.1, -0.05) is 31.6 Å². The van der Waals surface area contributed by atoms with Crippen LogP contribution in [0, 0.1) is 0 Å². The Morgan fingerprint density at radius 2 is 1.67 bits per heavy atom. The van der Waals surface area contributed by atoms with Crippen LogP contribution in [0.4, 0.5) is 0 Å². The van der Waals surface area contributed by atoms with Crippen LogP contribution in [0.5, 0.6) is 0 Å². The Morgan fingerprint density at radius 1 is 0.933 bits per heavy atom. The van der Waals surface area contributed by atoms with Crippen molar-refractivity contribution in [1.29, 1.82) is 0 Å². The van der Waals surface area contributed by atoms with Gasteiger partial charge in [-0.15, -0.1) is 6.58 Å². The van der Waals surface area contributed by atoms with E-state index in [2.05, 4.69) is 31.0 Å². The highest BCUT2D eigenvalue weighted by molar-refractivity contribution is 4.82. The number of rotatable bonds is 11. The molecule has 0 aromatic carbocycles. The van der Waals surface area contributed by atoms with Crippen LogP contribution in [0.3, 0.4) is 0 Å². The van der Waals surface area contributed by atoms with E-state index in [-0.39, 0.29) is 0 Å². The smallest absolute Gasteiger partial charge is 0.00143 e. The minimum absolute atomic E-state index is 1.13. The van der Waals surface area contributed by atoms with Crippen LogP contribution >= 0.6 is 0 Å². The molecule has 0 rings (SSSR count). The normalized spacial score (nSPS) is 11.0. The first kappa shape index (κ1) is 14.4. The predicted octanol–water partition coefficient (Wildman–Crippen LogP) is 4.07. The SMILES string of the molecule is C=CCCCCC/C=C/CCNCCC. The molecule has 0 aliphatic carbocycles. The van der Waals surface area contributed by atoms with Crippen molar-refractivity contribution in [2.75, 3.05) is 13.1 Å². The zero-order chi connectivity index (χ0) is 11.2. The van der Waals surface area contributed by atoms with Crippen molar-refractivity contribution in [3.63, 3.8) is 0 Å². The quantitative estimate of drug-likeness (QED) is 0.399. The molecule has 0 bridgehead atoms. The molecule has 1 N–H and O–H groups in total. The molecule has 0 saturated carbocycles. The Balaban J connectivity index is 3.00. The van der Waals surface area contributed by atoms with E-state index in [1.165, 1.54) is 44.9 Å². The summed E-state index contributed by atoms with van der Waals surface area (Å²) in [6.07, 6.45) is 15.4. The van der Waals surface area contributed by atoms with Crippen LogP contribution in [0.15, 0.2) is 24.8 Å². The molecule has 0 unspecified atom stereocenters. The molecule has 0 saturated heterocycles.